The number of anilines is 1. The van der Waals surface area contributed by atoms with Gasteiger partial charge in [-0.25, -0.2) is 8.42 Å². The van der Waals surface area contributed by atoms with E-state index >= 15 is 0 Å². The van der Waals surface area contributed by atoms with Gasteiger partial charge in [-0.3, -0.25) is 4.72 Å². The normalized spacial score (nSPS) is 11.6. The molecule has 19 heavy (non-hydrogen) atoms. The summed E-state index contributed by atoms with van der Waals surface area (Å²) >= 11 is 7.89. The Morgan fingerprint density at radius 2 is 1.84 bits per heavy atom. The summed E-state index contributed by atoms with van der Waals surface area (Å²) in [4.78, 5) is 0. The highest BCUT2D eigenvalue weighted by atomic mass is 79.9. The summed E-state index contributed by atoms with van der Waals surface area (Å²) < 4.78 is 29.0. The van der Waals surface area contributed by atoms with E-state index in [9.17, 15) is 8.42 Å². The van der Waals surface area contributed by atoms with Crippen LogP contribution in [0.1, 0.15) is 11.1 Å². The molecule has 1 aromatic carbocycles. The van der Waals surface area contributed by atoms with Crippen LogP contribution in [-0.2, 0) is 10.0 Å². The molecule has 0 aliphatic heterocycles. The van der Waals surface area contributed by atoms with Gasteiger partial charge in [0.15, 0.2) is 0 Å². The average molecular weight is 425 g/mol. The summed E-state index contributed by atoms with van der Waals surface area (Å²) in [5, 5.41) is 0. The van der Waals surface area contributed by atoms with Gasteiger partial charge in [-0.15, -0.1) is 11.3 Å². The van der Waals surface area contributed by atoms with Crippen LogP contribution in [0, 0.1) is 13.8 Å². The first-order chi connectivity index (χ1) is 8.79. The molecule has 0 amide bonds. The SMILES string of the molecule is Cc1ccc(NS(=O)(=O)c2cc(C)c(Br)s2)c(Br)c1. The van der Waals surface area contributed by atoms with Crippen molar-refractivity contribution in [3.05, 3.63) is 43.7 Å². The summed E-state index contributed by atoms with van der Waals surface area (Å²) in [5.41, 5.74) is 2.51. The molecular formula is C12H11Br2NO2S2. The van der Waals surface area contributed by atoms with Gasteiger partial charge in [0.2, 0.25) is 0 Å². The van der Waals surface area contributed by atoms with Gasteiger partial charge >= 0.3 is 0 Å². The number of sulfonamides is 1. The Hall–Kier alpha value is -0.370. The van der Waals surface area contributed by atoms with Crippen molar-refractivity contribution < 1.29 is 8.42 Å². The largest absolute Gasteiger partial charge is 0.278 e. The molecule has 1 N–H and O–H groups in total. The van der Waals surface area contributed by atoms with Crippen molar-refractivity contribution in [3.8, 4) is 0 Å². The van der Waals surface area contributed by atoms with E-state index in [2.05, 4.69) is 36.6 Å². The molecule has 2 aromatic rings. The molecular weight excluding hydrogens is 414 g/mol. The molecule has 1 aromatic heterocycles. The number of aryl methyl sites for hydroxylation is 2. The molecule has 0 unspecified atom stereocenters. The fraction of sp³-hybridized carbons (Fsp3) is 0.167. The summed E-state index contributed by atoms with van der Waals surface area (Å²) in [6.07, 6.45) is 0. The van der Waals surface area contributed by atoms with Crippen molar-refractivity contribution in [1.82, 2.24) is 0 Å². The molecule has 3 nitrogen and oxygen atoms in total. The zero-order valence-corrected chi connectivity index (χ0v) is 15.0. The van der Waals surface area contributed by atoms with E-state index < -0.39 is 10.0 Å². The number of rotatable bonds is 3. The predicted octanol–water partition coefficient (Wildman–Crippen LogP) is 4.69. The topological polar surface area (TPSA) is 46.2 Å². The van der Waals surface area contributed by atoms with Crippen molar-refractivity contribution in [2.45, 2.75) is 18.1 Å². The Morgan fingerprint density at radius 1 is 1.16 bits per heavy atom. The number of hydrogen-bond donors (Lipinski definition) is 1. The van der Waals surface area contributed by atoms with Gasteiger partial charge in [0.25, 0.3) is 10.0 Å². The molecule has 0 aliphatic carbocycles. The van der Waals surface area contributed by atoms with Crippen molar-refractivity contribution in [1.29, 1.82) is 0 Å². The maximum atomic E-state index is 12.3. The molecule has 0 aliphatic rings. The highest BCUT2D eigenvalue weighted by molar-refractivity contribution is 9.11. The van der Waals surface area contributed by atoms with Gasteiger partial charge in [-0.1, -0.05) is 6.07 Å². The first kappa shape index (κ1) is 15.0. The number of thiophene rings is 1. The summed E-state index contributed by atoms with van der Waals surface area (Å²) in [7, 11) is -3.54. The first-order valence-electron chi connectivity index (χ1n) is 5.34. The first-order valence-corrected chi connectivity index (χ1v) is 9.23. The van der Waals surface area contributed by atoms with E-state index in [1.165, 1.54) is 11.3 Å². The molecule has 1 heterocycles. The van der Waals surface area contributed by atoms with E-state index in [1.54, 1.807) is 12.1 Å². The van der Waals surface area contributed by atoms with Gasteiger partial charge < -0.3 is 0 Å². The minimum atomic E-state index is -3.54. The van der Waals surface area contributed by atoms with E-state index in [1.807, 2.05) is 26.0 Å². The van der Waals surface area contributed by atoms with E-state index in [-0.39, 0.29) is 0 Å². The molecule has 7 heteroatoms. The van der Waals surface area contributed by atoms with E-state index in [4.69, 9.17) is 0 Å². The standard InChI is InChI=1S/C12H11Br2NO2S2/c1-7-3-4-10(9(13)5-7)15-19(16,17)11-6-8(2)12(14)18-11/h3-6,15H,1-2H3. The minimum Gasteiger partial charge on any atom is -0.278 e. The molecule has 0 saturated heterocycles. The van der Waals surface area contributed by atoms with E-state index in [0.717, 1.165) is 19.4 Å². The molecule has 0 atom stereocenters. The maximum Gasteiger partial charge on any atom is 0.271 e. The van der Waals surface area contributed by atoms with Gasteiger partial charge in [0.1, 0.15) is 4.21 Å². The zero-order valence-electron chi connectivity index (χ0n) is 10.2. The van der Waals surface area contributed by atoms with Crippen LogP contribution in [0.25, 0.3) is 0 Å². The second-order valence-electron chi connectivity index (χ2n) is 4.11. The van der Waals surface area contributed by atoms with Gasteiger partial charge in [-0.05, 0) is 75.0 Å². The third kappa shape index (κ3) is 3.39. The second kappa shape index (κ2) is 5.55. The van der Waals surface area contributed by atoms with Crippen molar-refractivity contribution in [2.24, 2.45) is 0 Å². The van der Waals surface area contributed by atoms with Gasteiger partial charge in [0.05, 0.1) is 9.47 Å². The quantitative estimate of drug-likeness (QED) is 0.776. The lowest BCUT2D eigenvalue weighted by Gasteiger charge is -2.08. The van der Waals surface area contributed by atoms with Crippen LogP contribution in [-0.4, -0.2) is 8.42 Å². The molecule has 0 spiro atoms. The highest BCUT2D eigenvalue weighted by Crippen LogP contribution is 2.33. The van der Waals surface area contributed by atoms with Crippen molar-refractivity contribution in [2.75, 3.05) is 4.72 Å². The third-order valence-electron chi connectivity index (χ3n) is 2.47. The summed E-state index contributed by atoms with van der Waals surface area (Å²) in [6, 6.07) is 7.12. The molecule has 102 valence electrons. The number of halogens is 2. The van der Waals surface area contributed by atoms with Crippen LogP contribution in [0.2, 0.25) is 0 Å². The average Bonchev–Trinajstić information content (AvgIpc) is 2.64. The zero-order chi connectivity index (χ0) is 14.2. The Labute approximate surface area is 133 Å². The third-order valence-corrected chi connectivity index (χ3v) is 7.10. The summed E-state index contributed by atoms with van der Waals surface area (Å²) in [5.74, 6) is 0. The van der Waals surface area contributed by atoms with Gasteiger partial charge in [-0.2, -0.15) is 0 Å². The van der Waals surface area contributed by atoms with Gasteiger partial charge in [0, 0.05) is 4.47 Å². The molecule has 0 saturated carbocycles. The lowest BCUT2D eigenvalue weighted by molar-refractivity contribution is 0.603. The number of benzene rings is 1. The monoisotopic (exact) mass is 423 g/mol. The smallest absolute Gasteiger partial charge is 0.271 e. The maximum absolute atomic E-state index is 12.3. The Bertz CT molecular complexity index is 704. The molecule has 2 rings (SSSR count). The van der Waals surface area contributed by atoms with Crippen LogP contribution in [0.3, 0.4) is 0 Å². The Morgan fingerprint density at radius 3 is 2.37 bits per heavy atom. The van der Waals surface area contributed by atoms with Crippen LogP contribution in [0.5, 0.6) is 0 Å². The lowest BCUT2D eigenvalue weighted by atomic mass is 10.2. The van der Waals surface area contributed by atoms with Crippen LogP contribution in [0.15, 0.2) is 36.7 Å². The second-order valence-corrected chi connectivity index (χ2v) is 9.24. The molecule has 0 radical (unpaired) electrons. The Kier molecular flexibility index (Phi) is 4.39. The van der Waals surface area contributed by atoms with Crippen molar-refractivity contribution >= 4 is 58.9 Å². The Balaban J connectivity index is 2.36. The fourth-order valence-electron chi connectivity index (χ4n) is 1.46. The summed E-state index contributed by atoms with van der Waals surface area (Å²) in [6.45, 7) is 3.81. The van der Waals surface area contributed by atoms with Crippen LogP contribution < -0.4 is 4.72 Å². The van der Waals surface area contributed by atoms with Crippen molar-refractivity contribution in [3.63, 3.8) is 0 Å². The fourth-order valence-corrected chi connectivity index (χ4v) is 5.49. The highest BCUT2D eigenvalue weighted by Gasteiger charge is 2.19. The number of nitrogens with one attached hydrogen (secondary N) is 1. The van der Waals surface area contributed by atoms with Crippen LogP contribution in [0.4, 0.5) is 5.69 Å². The minimum absolute atomic E-state index is 0.296. The number of hydrogen-bond acceptors (Lipinski definition) is 3. The molecule has 0 fully saturated rings. The van der Waals surface area contributed by atoms with E-state index in [0.29, 0.717) is 9.90 Å². The predicted molar refractivity (Wildman–Crippen MR) is 86.4 cm³/mol. The molecule has 0 bridgehead atoms. The van der Waals surface area contributed by atoms with Crippen LogP contribution >= 0.6 is 43.2 Å². The lowest BCUT2D eigenvalue weighted by Crippen LogP contribution is -2.11.